The summed E-state index contributed by atoms with van der Waals surface area (Å²) in [6.45, 7) is 3.80. The lowest BCUT2D eigenvalue weighted by atomic mass is 10.1. The quantitative estimate of drug-likeness (QED) is 0.698. The highest BCUT2D eigenvalue weighted by Gasteiger charge is 2.18. The van der Waals surface area contributed by atoms with Gasteiger partial charge in [-0.1, -0.05) is 30.3 Å². The number of benzene rings is 3. The number of amides is 1. The van der Waals surface area contributed by atoms with Crippen LogP contribution in [0.5, 0.6) is 0 Å². The molecule has 144 valence electrons. The summed E-state index contributed by atoms with van der Waals surface area (Å²) in [4.78, 5) is 14.3. The molecule has 6 heteroatoms. The Kier molecular flexibility index (Phi) is 5.51. The summed E-state index contributed by atoms with van der Waals surface area (Å²) in [6, 6.07) is 20.7. The standard InChI is InChI=1S/C22H22N2O3S/c1-16-8-7-11-21(17(16)2)23-28(26,27)20-14-12-18(13-15-20)22(25)24(3)19-9-5-4-6-10-19/h4-15,23H,1-3H3. The summed E-state index contributed by atoms with van der Waals surface area (Å²) in [5.41, 5.74) is 3.61. The molecule has 3 rings (SSSR count). The highest BCUT2D eigenvalue weighted by atomic mass is 32.2. The minimum Gasteiger partial charge on any atom is -0.311 e. The number of hydrogen-bond acceptors (Lipinski definition) is 3. The van der Waals surface area contributed by atoms with E-state index in [0.717, 1.165) is 16.8 Å². The topological polar surface area (TPSA) is 66.5 Å². The Hall–Kier alpha value is -3.12. The van der Waals surface area contributed by atoms with Crippen LogP contribution < -0.4 is 9.62 Å². The number of sulfonamides is 1. The molecule has 0 heterocycles. The van der Waals surface area contributed by atoms with Gasteiger partial charge in [-0.2, -0.15) is 0 Å². The van der Waals surface area contributed by atoms with Crippen LogP contribution >= 0.6 is 0 Å². The van der Waals surface area contributed by atoms with Gasteiger partial charge in [0.25, 0.3) is 15.9 Å². The lowest BCUT2D eigenvalue weighted by molar-refractivity contribution is 0.0993. The Labute approximate surface area is 165 Å². The molecule has 0 aliphatic rings. The summed E-state index contributed by atoms with van der Waals surface area (Å²) >= 11 is 0. The molecular weight excluding hydrogens is 372 g/mol. The number of rotatable bonds is 5. The van der Waals surface area contributed by atoms with Gasteiger partial charge in [0.1, 0.15) is 0 Å². The second-order valence-corrected chi connectivity index (χ2v) is 8.26. The number of anilines is 2. The summed E-state index contributed by atoms with van der Waals surface area (Å²) < 4.78 is 28.0. The van der Waals surface area contributed by atoms with Crippen LogP contribution in [0.15, 0.2) is 77.7 Å². The van der Waals surface area contributed by atoms with Crippen molar-refractivity contribution in [1.82, 2.24) is 0 Å². The third-order valence-corrected chi connectivity index (χ3v) is 6.09. The van der Waals surface area contributed by atoms with Gasteiger partial charge in [0.2, 0.25) is 0 Å². The van der Waals surface area contributed by atoms with Crippen LogP contribution in [0.3, 0.4) is 0 Å². The molecule has 1 N–H and O–H groups in total. The maximum atomic E-state index is 12.7. The van der Waals surface area contributed by atoms with Gasteiger partial charge in [0.05, 0.1) is 10.6 Å². The first-order chi connectivity index (χ1) is 13.3. The van der Waals surface area contributed by atoms with E-state index in [1.54, 1.807) is 19.2 Å². The van der Waals surface area contributed by atoms with E-state index in [-0.39, 0.29) is 10.8 Å². The van der Waals surface area contributed by atoms with Crippen LogP contribution in [0.2, 0.25) is 0 Å². The fraction of sp³-hybridized carbons (Fsp3) is 0.136. The predicted molar refractivity (Wildman–Crippen MR) is 112 cm³/mol. The van der Waals surface area contributed by atoms with Crippen molar-refractivity contribution in [2.45, 2.75) is 18.7 Å². The van der Waals surface area contributed by atoms with Gasteiger partial charge >= 0.3 is 0 Å². The number of hydrogen-bond donors (Lipinski definition) is 1. The van der Waals surface area contributed by atoms with E-state index in [9.17, 15) is 13.2 Å². The minimum absolute atomic E-state index is 0.104. The lowest BCUT2D eigenvalue weighted by Crippen LogP contribution is -2.26. The van der Waals surface area contributed by atoms with E-state index >= 15 is 0 Å². The first-order valence-electron chi connectivity index (χ1n) is 8.82. The van der Waals surface area contributed by atoms with Crippen molar-refractivity contribution < 1.29 is 13.2 Å². The predicted octanol–water partition coefficient (Wildman–Crippen LogP) is 4.38. The van der Waals surface area contributed by atoms with Crippen LogP contribution in [0.4, 0.5) is 11.4 Å². The number of para-hydroxylation sites is 1. The summed E-state index contributed by atoms with van der Waals surface area (Å²) in [6.07, 6.45) is 0. The van der Waals surface area contributed by atoms with E-state index < -0.39 is 10.0 Å². The molecule has 0 aromatic heterocycles. The van der Waals surface area contributed by atoms with Crippen molar-refractivity contribution >= 4 is 27.3 Å². The third kappa shape index (κ3) is 4.07. The molecular formula is C22H22N2O3S. The van der Waals surface area contributed by atoms with E-state index in [1.807, 2.05) is 50.2 Å². The molecule has 0 aliphatic carbocycles. The number of carbonyl (C=O) groups excluding carboxylic acids is 1. The fourth-order valence-electron chi connectivity index (χ4n) is 2.80. The molecule has 3 aromatic rings. The highest BCUT2D eigenvalue weighted by Crippen LogP contribution is 2.23. The van der Waals surface area contributed by atoms with Crippen LogP contribution in [0.25, 0.3) is 0 Å². The average Bonchev–Trinajstić information content (AvgIpc) is 2.71. The van der Waals surface area contributed by atoms with Gasteiger partial charge < -0.3 is 4.90 Å². The molecule has 0 aliphatic heterocycles. The Bertz CT molecular complexity index is 1090. The zero-order chi connectivity index (χ0) is 20.3. The lowest BCUT2D eigenvalue weighted by Gasteiger charge is -2.17. The Morgan fingerprint density at radius 3 is 2.14 bits per heavy atom. The van der Waals surface area contributed by atoms with Crippen molar-refractivity contribution in [2.75, 3.05) is 16.7 Å². The Balaban J connectivity index is 1.81. The number of aryl methyl sites for hydroxylation is 1. The zero-order valence-electron chi connectivity index (χ0n) is 16.0. The molecule has 28 heavy (non-hydrogen) atoms. The highest BCUT2D eigenvalue weighted by molar-refractivity contribution is 7.92. The smallest absolute Gasteiger partial charge is 0.261 e. The maximum Gasteiger partial charge on any atom is 0.261 e. The summed E-state index contributed by atoms with van der Waals surface area (Å²) in [5.74, 6) is -0.211. The van der Waals surface area contributed by atoms with E-state index in [4.69, 9.17) is 0 Å². The molecule has 0 saturated carbocycles. The molecule has 3 aromatic carbocycles. The average molecular weight is 394 g/mol. The third-order valence-electron chi connectivity index (χ3n) is 4.71. The number of nitrogens with one attached hydrogen (secondary N) is 1. The molecule has 0 bridgehead atoms. The monoisotopic (exact) mass is 394 g/mol. The van der Waals surface area contributed by atoms with Crippen molar-refractivity contribution in [3.63, 3.8) is 0 Å². The van der Waals surface area contributed by atoms with Crippen LogP contribution in [-0.4, -0.2) is 21.4 Å². The first-order valence-corrected chi connectivity index (χ1v) is 10.3. The molecule has 5 nitrogen and oxygen atoms in total. The normalized spacial score (nSPS) is 11.1. The van der Waals surface area contributed by atoms with Crippen LogP contribution in [0.1, 0.15) is 21.5 Å². The molecule has 1 amide bonds. The SMILES string of the molecule is Cc1cccc(NS(=O)(=O)c2ccc(C(=O)N(C)c3ccccc3)cc2)c1C. The van der Waals surface area contributed by atoms with Crippen molar-refractivity contribution in [3.8, 4) is 0 Å². The summed E-state index contributed by atoms with van der Waals surface area (Å²) in [5, 5.41) is 0. The minimum atomic E-state index is -3.74. The Morgan fingerprint density at radius 2 is 1.50 bits per heavy atom. The maximum absolute atomic E-state index is 12.7. The van der Waals surface area contributed by atoms with Crippen LogP contribution in [-0.2, 0) is 10.0 Å². The van der Waals surface area contributed by atoms with Gasteiger partial charge in [0.15, 0.2) is 0 Å². The van der Waals surface area contributed by atoms with Gasteiger partial charge in [-0.3, -0.25) is 9.52 Å². The Morgan fingerprint density at radius 1 is 0.857 bits per heavy atom. The van der Waals surface area contributed by atoms with E-state index in [1.165, 1.54) is 29.2 Å². The molecule has 0 radical (unpaired) electrons. The van der Waals surface area contributed by atoms with Crippen LogP contribution in [0, 0.1) is 13.8 Å². The van der Waals surface area contributed by atoms with Crippen molar-refractivity contribution in [2.24, 2.45) is 0 Å². The van der Waals surface area contributed by atoms with Gasteiger partial charge in [-0.05, 0) is 67.4 Å². The van der Waals surface area contributed by atoms with E-state index in [0.29, 0.717) is 11.3 Å². The van der Waals surface area contributed by atoms with E-state index in [2.05, 4.69) is 4.72 Å². The van der Waals surface area contributed by atoms with Gasteiger partial charge in [0, 0.05) is 18.3 Å². The molecule has 0 fully saturated rings. The van der Waals surface area contributed by atoms with Gasteiger partial charge in [-0.15, -0.1) is 0 Å². The largest absolute Gasteiger partial charge is 0.311 e. The van der Waals surface area contributed by atoms with Crippen molar-refractivity contribution in [1.29, 1.82) is 0 Å². The second-order valence-electron chi connectivity index (χ2n) is 6.58. The number of nitrogens with zero attached hydrogens (tertiary/aromatic N) is 1. The molecule has 0 spiro atoms. The first kappa shape index (κ1) is 19.6. The second kappa shape index (κ2) is 7.86. The van der Waals surface area contributed by atoms with Crippen molar-refractivity contribution in [3.05, 3.63) is 89.5 Å². The fourth-order valence-corrected chi connectivity index (χ4v) is 3.93. The molecule has 0 saturated heterocycles. The summed E-state index contributed by atoms with van der Waals surface area (Å²) in [7, 11) is -2.06. The zero-order valence-corrected chi connectivity index (χ0v) is 16.8. The molecule has 0 atom stereocenters. The molecule has 0 unspecified atom stereocenters. The van der Waals surface area contributed by atoms with Gasteiger partial charge in [-0.25, -0.2) is 8.42 Å². The number of carbonyl (C=O) groups is 1.